The maximum atomic E-state index is 12.0. The monoisotopic (exact) mass is 298 g/mol. The number of carbonyl (C=O) groups excluding carboxylic acids is 2. The standard InChI is InChI=1S/C14H26N4O3/c1-21-9-4-15-10-14(20)18-7-5-17(6-8-18)11-13(19)16-12-2-3-12/h12,15H,2-11H2,1H3,(H,16,19). The van der Waals surface area contributed by atoms with Crippen molar-refractivity contribution in [3.63, 3.8) is 0 Å². The van der Waals surface area contributed by atoms with Gasteiger partial charge in [-0.1, -0.05) is 0 Å². The molecule has 0 aromatic rings. The predicted octanol–water partition coefficient (Wildman–Crippen LogP) is -1.35. The number of hydrogen-bond acceptors (Lipinski definition) is 5. The molecule has 1 saturated heterocycles. The van der Waals surface area contributed by atoms with Gasteiger partial charge in [0, 0.05) is 45.9 Å². The van der Waals surface area contributed by atoms with Crippen LogP contribution in [0.2, 0.25) is 0 Å². The van der Waals surface area contributed by atoms with Crippen LogP contribution in [0.4, 0.5) is 0 Å². The molecule has 1 aliphatic carbocycles. The molecule has 0 unspecified atom stereocenters. The Hall–Kier alpha value is -1.18. The number of ether oxygens (including phenoxy) is 1. The Bertz CT molecular complexity index is 352. The van der Waals surface area contributed by atoms with Crippen LogP contribution in [0.1, 0.15) is 12.8 Å². The molecule has 21 heavy (non-hydrogen) atoms. The largest absolute Gasteiger partial charge is 0.383 e. The molecule has 0 aromatic heterocycles. The number of amides is 2. The van der Waals surface area contributed by atoms with Gasteiger partial charge in [0.15, 0.2) is 0 Å². The van der Waals surface area contributed by atoms with Crippen LogP contribution >= 0.6 is 0 Å². The third-order valence-electron chi connectivity index (χ3n) is 3.79. The molecule has 2 amide bonds. The van der Waals surface area contributed by atoms with Crippen molar-refractivity contribution in [2.24, 2.45) is 0 Å². The lowest BCUT2D eigenvalue weighted by Crippen LogP contribution is -2.52. The summed E-state index contributed by atoms with van der Waals surface area (Å²) in [6.45, 7) is 5.02. The number of hydrogen-bond donors (Lipinski definition) is 2. The van der Waals surface area contributed by atoms with Gasteiger partial charge in [-0.25, -0.2) is 0 Å². The number of nitrogens with zero attached hydrogens (tertiary/aromatic N) is 2. The molecule has 0 aromatic carbocycles. The molecule has 120 valence electrons. The molecule has 2 aliphatic rings. The summed E-state index contributed by atoms with van der Waals surface area (Å²) in [5.74, 6) is 0.228. The molecule has 7 nitrogen and oxygen atoms in total. The topological polar surface area (TPSA) is 73.9 Å². The lowest BCUT2D eigenvalue weighted by Gasteiger charge is -2.34. The van der Waals surface area contributed by atoms with E-state index in [2.05, 4.69) is 15.5 Å². The van der Waals surface area contributed by atoms with E-state index in [-0.39, 0.29) is 11.8 Å². The fraction of sp³-hybridized carbons (Fsp3) is 0.857. The number of rotatable bonds is 8. The zero-order valence-electron chi connectivity index (χ0n) is 12.8. The summed E-state index contributed by atoms with van der Waals surface area (Å²) in [5, 5.41) is 6.05. The van der Waals surface area contributed by atoms with Crippen molar-refractivity contribution in [3.8, 4) is 0 Å². The maximum absolute atomic E-state index is 12.0. The lowest BCUT2D eigenvalue weighted by molar-refractivity contribution is -0.132. The van der Waals surface area contributed by atoms with Crippen molar-refractivity contribution >= 4 is 11.8 Å². The van der Waals surface area contributed by atoms with Gasteiger partial charge in [-0.3, -0.25) is 14.5 Å². The van der Waals surface area contributed by atoms with Gasteiger partial charge in [0.1, 0.15) is 0 Å². The second-order valence-corrected chi connectivity index (χ2v) is 5.67. The van der Waals surface area contributed by atoms with Crippen molar-refractivity contribution in [3.05, 3.63) is 0 Å². The number of methoxy groups -OCH3 is 1. The van der Waals surface area contributed by atoms with E-state index in [1.165, 1.54) is 0 Å². The fourth-order valence-corrected chi connectivity index (χ4v) is 2.34. The second-order valence-electron chi connectivity index (χ2n) is 5.67. The highest BCUT2D eigenvalue weighted by atomic mass is 16.5. The number of carbonyl (C=O) groups is 2. The van der Waals surface area contributed by atoms with E-state index >= 15 is 0 Å². The maximum Gasteiger partial charge on any atom is 0.236 e. The molecular weight excluding hydrogens is 272 g/mol. The molecule has 1 saturated carbocycles. The van der Waals surface area contributed by atoms with Gasteiger partial charge in [0.05, 0.1) is 19.7 Å². The second kappa shape index (κ2) is 8.31. The van der Waals surface area contributed by atoms with E-state index in [1.54, 1.807) is 7.11 Å². The third kappa shape index (κ3) is 5.99. The SMILES string of the molecule is COCCNCC(=O)N1CCN(CC(=O)NC2CC2)CC1. The van der Waals surface area contributed by atoms with Gasteiger partial charge >= 0.3 is 0 Å². The van der Waals surface area contributed by atoms with Crippen LogP contribution in [-0.4, -0.2) is 87.2 Å². The molecule has 7 heteroatoms. The minimum absolute atomic E-state index is 0.110. The van der Waals surface area contributed by atoms with E-state index in [9.17, 15) is 9.59 Å². The molecular formula is C14H26N4O3. The Morgan fingerprint density at radius 2 is 1.90 bits per heavy atom. The van der Waals surface area contributed by atoms with Crippen molar-refractivity contribution in [2.75, 3.05) is 59.5 Å². The number of piperazine rings is 1. The molecule has 1 heterocycles. The Balaban J connectivity index is 1.58. The summed E-state index contributed by atoms with van der Waals surface area (Å²) < 4.78 is 4.92. The van der Waals surface area contributed by atoms with Crippen LogP contribution in [0.25, 0.3) is 0 Å². The summed E-state index contributed by atoms with van der Waals surface area (Å²) in [4.78, 5) is 27.7. The first kappa shape index (κ1) is 16.2. The first-order valence-corrected chi connectivity index (χ1v) is 7.68. The first-order valence-electron chi connectivity index (χ1n) is 7.68. The van der Waals surface area contributed by atoms with Gasteiger partial charge in [-0.2, -0.15) is 0 Å². The zero-order valence-corrected chi connectivity index (χ0v) is 12.8. The van der Waals surface area contributed by atoms with E-state index in [1.807, 2.05) is 4.90 Å². The van der Waals surface area contributed by atoms with E-state index in [0.717, 1.165) is 25.9 Å². The summed E-state index contributed by atoms with van der Waals surface area (Å²) >= 11 is 0. The first-order chi connectivity index (χ1) is 10.2. The Morgan fingerprint density at radius 3 is 2.52 bits per heavy atom. The molecule has 2 rings (SSSR count). The highest BCUT2D eigenvalue weighted by molar-refractivity contribution is 5.79. The highest BCUT2D eigenvalue weighted by Gasteiger charge is 2.26. The fourth-order valence-electron chi connectivity index (χ4n) is 2.34. The summed E-state index contributed by atoms with van der Waals surface area (Å²) in [5.41, 5.74) is 0. The Kier molecular flexibility index (Phi) is 6.41. The van der Waals surface area contributed by atoms with Gasteiger partial charge < -0.3 is 20.3 Å². The normalized spacial score (nSPS) is 19.6. The van der Waals surface area contributed by atoms with Gasteiger partial charge in [-0.15, -0.1) is 0 Å². The van der Waals surface area contributed by atoms with Gasteiger partial charge in [-0.05, 0) is 12.8 Å². The molecule has 1 aliphatic heterocycles. The van der Waals surface area contributed by atoms with Crippen LogP contribution in [0.15, 0.2) is 0 Å². The van der Waals surface area contributed by atoms with Gasteiger partial charge in [0.25, 0.3) is 0 Å². The molecule has 2 fully saturated rings. The molecule has 0 bridgehead atoms. The van der Waals surface area contributed by atoms with Crippen LogP contribution in [0.3, 0.4) is 0 Å². The van der Waals surface area contributed by atoms with Crippen molar-refractivity contribution in [1.82, 2.24) is 20.4 Å². The minimum Gasteiger partial charge on any atom is -0.383 e. The lowest BCUT2D eigenvalue weighted by atomic mass is 10.3. The molecule has 0 radical (unpaired) electrons. The minimum atomic E-state index is 0.110. The van der Waals surface area contributed by atoms with Crippen LogP contribution in [-0.2, 0) is 14.3 Å². The molecule has 0 spiro atoms. The number of nitrogens with one attached hydrogen (secondary N) is 2. The zero-order chi connectivity index (χ0) is 15.1. The van der Waals surface area contributed by atoms with Crippen molar-refractivity contribution in [1.29, 1.82) is 0 Å². The average molecular weight is 298 g/mol. The Morgan fingerprint density at radius 1 is 1.19 bits per heavy atom. The molecule has 2 N–H and O–H groups in total. The average Bonchev–Trinajstić information content (AvgIpc) is 3.28. The van der Waals surface area contributed by atoms with Crippen LogP contribution in [0.5, 0.6) is 0 Å². The van der Waals surface area contributed by atoms with Gasteiger partial charge in [0.2, 0.25) is 11.8 Å². The summed E-state index contributed by atoms with van der Waals surface area (Å²) in [6, 6.07) is 0.415. The third-order valence-corrected chi connectivity index (χ3v) is 3.79. The van der Waals surface area contributed by atoms with E-state index in [4.69, 9.17) is 4.74 Å². The van der Waals surface area contributed by atoms with Crippen LogP contribution in [0, 0.1) is 0 Å². The highest BCUT2D eigenvalue weighted by Crippen LogP contribution is 2.18. The summed E-state index contributed by atoms with van der Waals surface area (Å²) in [7, 11) is 1.64. The smallest absolute Gasteiger partial charge is 0.236 e. The van der Waals surface area contributed by atoms with E-state index in [0.29, 0.717) is 45.4 Å². The van der Waals surface area contributed by atoms with Crippen molar-refractivity contribution < 1.29 is 14.3 Å². The summed E-state index contributed by atoms with van der Waals surface area (Å²) in [6.07, 6.45) is 2.23. The van der Waals surface area contributed by atoms with Crippen molar-refractivity contribution in [2.45, 2.75) is 18.9 Å². The quantitative estimate of drug-likeness (QED) is 0.542. The Labute approximate surface area is 126 Å². The molecule has 0 atom stereocenters. The van der Waals surface area contributed by atoms with Crippen LogP contribution < -0.4 is 10.6 Å². The van der Waals surface area contributed by atoms with E-state index < -0.39 is 0 Å². The predicted molar refractivity (Wildman–Crippen MR) is 78.9 cm³/mol.